The minimum atomic E-state index is -0.574. The van der Waals surface area contributed by atoms with E-state index in [4.69, 9.17) is 0 Å². The molecule has 0 unspecified atom stereocenters. The van der Waals surface area contributed by atoms with E-state index in [1.807, 2.05) is 20.8 Å². The summed E-state index contributed by atoms with van der Waals surface area (Å²) < 4.78 is 4.49. The van der Waals surface area contributed by atoms with Crippen LogP contribution in [0.25, 0.3) is 0 Å². The van der Waals surface area contributed by atoms with Crippen LogP contribution in [0.3, 0.4) is 0 Å². The van der Waals surface area contributed by atoms with E-state index < -0.39 is 12.0 Å². The Hall–Kier alpha value is -1.06. The lowest BCUT2D eigenvalue weighted by Gasteiger charge is -2.19. The van der Waals surface area contributed by atoms with Gasteiger partial charge in [0.2, 0.25) is 5.91 Å². The number of nitrogens with one attached hydrogen (secondary N) is 1. The fourth-order valence-electron chi connectivity index (χ4n) is 1.01. The number of hydrogen-bond donors (Lipinski definition) is 1. The highest BCUT2D eigenvalue weighted by molar-refractivity contribution is 5.84. The molecule has 0 fully saturated rings. The third kappa shape index (κ3) is 5.56. The van der Waals surface area contributed by atoms with E-state index in [-0.39, 0.29) is 11.3 Å². The van der Waals surface area contributed by atoms with Crippen molar-refractivity contribution in [1.29, 1.82) is 0 Å². The lowest BCUT2D eigenvalue weighted by Crippen LogP contribution is -2.40. The molecule has 4 heteroatoms. The zero-order valence-electron chi connectivity index (χ0n) is 9.51. The highest BCUT2D eigenvalue weighted by Crippen LogP contribution is 2.17. The average molecular weight is 201 g/mol. The van der Waals surface area contributed by atoms with Crippen LogP contribution in [0.2, 0.25) is 0 Å². The summed E-state index contributed by atoms with van der Waals surface area (Å²) >= 11 is 0. The summed E-state index contributed by atoms with van der Waals surface area (Å²) in [6.45, 7) is 7.51. The molecule has 0 saturated heterocycles. The highest BCUT2D eigenvalue weighted by atomic mass is 16.5. The van der Waals surface area contributed by atoms with Gasteiger partial charge < -0.3 is 10.1 Å². The standard InChI is InChI=1S/C10H19NO3/c1-7(9(13)14-5)11-8(12)6-10(2,3)4/h7H,6H2,1-5H3,(H,11,12)/t7-/m1/s1. The van der Waals surface area contributed by atoms with Gasteiger partial charge in [-0.3, -0.25) is 4.79 Å². The van der Waals surface area contributed by atoms with Crippen molar-refractivity contribution in [3.8, 4) is 0 Å². The Balaban J connectivity index is 4.01. The van der Waals surface area contributed by atoms with Crippen LogP contribution >= 0.6 is 0 Å². The minimum absolute atomic E-state index is 0.0695. The molecule has 0 rings (SSSR count). The van der Waals surface area contributed by atoms with Gasteiger partial charge in [-0.25, -0.2) is 4.79 Å². The Kier molecular flexibility index (Phi) is 4.60. The number of esters is 1. The number of ether oxygens (including phenoxy) is 1. The van der Waals surface area contributed by atoms with E-state index in [1.54, 1.807) is 6.92 Å². The van der Waals surface area contributed by atoms with E-state index in [9.17, 15) is 9.59 Å². The zero-order chi connectivity index (χ0) is 11.4. The topological polar surface area (TPSA) is 55.4 Å². The predicted octanol–water partition coefficient (Wildman–Crippen LogP) is 1.10. The Morgan fingerprint density at radius 3 is 2.21 bits per heavy atom. The van der Waals surface area contributed by atoms with E-state index in [0.29, 0.717) is 6.42 Å². The van der Waals surface area contributed by atoms with Crippen LogP contribution in [-0.2, 0) is 14.3 Å². The highest BCUT2D eigenvalue weighted by Gasteiger charge is 2.20. The Morgan fingerprint density at radius 1 is 1.36 bits per heavy atom. The molecule has 0 bridgehead atoms. The maximum Gasteiger partial charge on any atom is 0.328 e. The minimum Gasteiger partial charge on any atom is -0.467 e. The van der Waals surface area contributed by atoms with Gasteiger partial charge in [0.25, 0.3) is 0 Å². The van der Waals surface area contributed by atoms with E-state index >= 15 is 0 Å². The molecule has 1 N–H and O–H groups in total. The average Bonchev–Trinajstić information content (AvgIpc) is 1.99. The first-order valence-corrected chi connectivity index (χ1v) is 4.63. The molecule has 0 radical (unpaired) electrons. The number of carbonyl (C=O) groups excluding carboxylic acids is 2. The number of hydrogen-bond acceptors (Lipinski definition) is 3. The van der Waals surface area contributed by atoms with Gasteiger partial charge in [0.15, 0.2) is 0 Å². The number of rotatable bonds is 3. The van der Waals surface area contributed by atoms with E-state index in [1.165, 1.54) is 7.11 Å². The number of carbonyl (C=O) groups is 2. The molecular weight excluding hydrogens is 182 g/mol. The third-order valence-corrected chi connectivity index (χ3v) is 1.62. The summed E-state index contributed by atoms with van der Waals surface area (Å²) in [6.07, 6.45) is 0.397. The molecule has 1 atom stereocenters. The monoisotopic (exact) mass is 201 g/mol. The second-order valence-corrected chi connectivity index (χ2v) is 4.55. The van der Waals surface area contributed by atoms with Crippen LogP contribution in [0, 0.1) is 5.41 Å². The number of methoxy groups -OCH3 is 1. The summed E-state index contributed by atoms with van der Waals surface area (Å²) in [6, 6.07) is -0.574. The molecule has 0 aromatic heterocycles. The quantitative estimate of drug-likeness (QED) is 0.696. The third-order valence-electron chi connectivity index (χ3n) is 1.62. The second-order valence-electron chi connectivity index (χ2n) is 4.55. The van der Waals surface area contributed by atoms with Gasteiger partial charge in [-0.2, -0.15) is 0 Å². The first kappa shape index (κ1) is 12.9. The SMILES string of the molecule is COC(=O)[C@@H](C)NC(=O)CC(C)(C)C. The van der Waals surface area contributed by atoms with Crippen LogP contribution in [0.15, 0.2) is 0 Å². The van der Waals surface area contributed by atoms with Crippen LogP contribution in [0.1, 0.15) is 34.1 Å². The molecule has 0 spiro atoms. The van der Waals surface area contributed by atoms with Crippen molar-refractivity contribution in [2.45, 2.75) is 40.2 Å². The molecule has 0 aliphatic rings. The number of amides is 1. The molecule has 0 heterocycles. The van der Waals surface area contributed by atoms with Gasteiger partial charge in [-0.1, -0.05) is 20.8 Å². The summed E-state index contributed by atoms with van der Waals surface area (Å²) in [5, 5.41) is 2.57. The van der Waals surface area contributed by atoms with E-state index in [0.717, 1.165) is 0 Å². The maximum absolute atomic E-state index is 11.4. The Bertz CT molecular complexity index is 218. The molecule has 0 aromatic carbocycles. The summed E-state index contributed by atoms with van der Waals surface area (Å²) in [5.41, 5.74) is -0.0695. The van der Waals surface area contributed by atoms with Crippen molar-refractivity contribution >= 4 is 11.9 Å². The van der Waals surface area contributed by atoms with Gasteiger partial charge in [-0.05, 0) is 12.3 Å². The van der Waals surface area contributed by atoms with Crippen molar-refractivity contribution in [3.63, 3.8) is 0 Å². The van der Waals surface area contributed by atoms with Crippen molar-refractivity contribution in [2.24, 2.45) is 5.41 Å². The first-order chi connectivity index (χ1) is 6.26. The molecule has 0 aliphatic heterocycles. The molecule has 82 valence electrons. The van der Waals surface area contributed by atoms with Crippen molar-refractivity contribution in [2.75, 3.05) is 7.11 Å². The lowest BCUT2D eigenvalue weighted by molar-refractivity contribution is -0.144. The lowest BCUT2D eigenvalue weighted by atomic mass is 9.92. The molecule has 0 aliphatic carbocycles. The van der Waals surface area contributed by atoms with Crippen LogP contribution < -0.4 is 5.32 Å². The molecule has 1 amide bonds. The van der Waals surface area contributed by atoms with Crippen molar-refractivity contribution < 1.29 is 14.3 Å². The first-order valence-electron chi connectivity index (χ1n) is 4.63. The maximum atomic E-state index is 11.4. The fraction of sp³-hybridized carbons (Fsp3) is 0.800. The summed E-state index contributed by atoms with van der Waals surface area (Å²) in [7, 11) is 1.30. The van der Waals surface area contributed by atoms with Crippen molar-refractivity contribution in [3.05, 3.63) is 0 Å². The molecular formula is C10H19NO3. The Labute approximate surface area is 85.0 Å². The van der Waals surface area contributed by atoms with Crippen molar-refractivity contribution in [1.82, 2.24) is 5.32 Å². The fourth-order valence-corrected chi connectivity index (χ4v) is 1.01. The van der Waals surface area contributed by atoms with Crippen LogP contribution in [0.4, 0.5) is 0 Å². The molecule has 14 heavy (non-hydrogen) atoms. The second kappa shape index (κ2) is 4.98. The van der Waals surface area contributed by atoms with Gasteiger partial charge >= 0.3 is 5.97 Å². The normalized spacial score (nSPS) is 13.2. The van der Waals surface area contributed by atoms with E-state index in [2.05, 4.69) is 10.1 Å². The molecule has 0 saturated carbocycles. The van der Waals surface area contributed by atoms with Gasteiger partial charge in [0, 0.05) is 6.42 Å². The largest absolute Gasteiger partial charge is 0.467 e. The van der Waals surface area contributed by atoms with Crippen LogP contribution in [-0.4, -0.2) is 25.0 Å². The van der Waals surface area contributed by atoms with Gasteiger partial charge in [-0.15, -0.1) is 0 Å². The zero-order valence-corrected chi connectivity index (χ0v) is 9.51. The predicted molar refractivity (Wildman–Crippen MR) is 53.7 cm³/mol. The summed E-state index contributed by atoms with van der Waals surface area (Å²) in [4.78, 5) is 22.3. The molecule has 0 aromatic rings. The summed E-state index contributed by atoms with van der Waals surface area (Å²) in [5.74, 6) is -0.553. The van der Waals surface area contributed by atoms with Gasteiger partial charge in [0.05, 0.1) is 7.11 Å². The Morgan fingerprint density at radius 2 is 1.86 bits per heavy atom. The molecule has 4 nitrogen and oxygen atoms in total. The van der Waals surface area contributed by atoms with Crippen LogP contribution in [0.5, 0.6) is 0 Å². The smallest absolute Gasteiger partial charge is 0.328 e. The van der Waals surface area contributed by atoms with Gasteiger partial charge in [0.1, 0.15) is 6.04 Å².